The van der Waals surface area contributed by atoms with Crippen molar-refractivity contribution in [2.75, 3.05) is 52.5 Å². The summed E-state index contributed by atoms with van der Waals surface area (Å²) in [7, 11) is 0. The van der Waals surface area contributed by atoms with Crippen LogP contribution in [0.15, 0.2) is 16.8 Å². The molecular formula is C18H28N2O2S. The third-order valence-electron chi connectivity index (χ3n) is 5.42. The number of hydrogen-bond acceptors (Lipinski definition) is 5. The third kappa shape index (κ3) is 3.97. The molecule has 0 saturated carbocycles. The Morgan fingerprint density at radius 3 is 2.96 bits per heavy atom. The summed E-state index contributed by atoms with van der Waals surface area (Å²) in [6, 6.07) is 2.23. The predicted molar refractivity (Wildman–Crippen MR) is 92.9 cm³/mol. The van der Waals surface area contributed by atoms with E-state index in [1.165, 1.54) is 38.0 Å². The zero-order chi connectivity index (χ0) is 15.5. The first-order valence-corrected chi connectivity index (χ1v) is 9.93. The van der Waals surface area contributed by atoms with Crippen LogP contribution >= 0.6 is 11.3 Å². The maximum Gasteiger partial charge on any atom is 0.104 e. The lowest BCUT2D eigenvalue weighted by Gasteiger charge is -2.31. The monoisotopic (exact) mass is 336 g/mol. The molecule has 0 amide bonds. The van der Waals surface area contributed by atoms with Gasteiger partial charge in [-0.2, -0.15) is 11.3 Å². The summed E-state index contributed by atoms with van der Waals surface area (Å²) < 4.78 is 12.3. The minimum Gasteiger partial charge on any atom is -0.377 e. The maximum atomic E-state index is 6.34. The summed E-state index contributed by atoms with van der Waals surface area (Å²) in [5.74, 6) is 0.679. The molecule has 128 valence electrons. The van der Waals surface area contributed by atoms with Crippen molar-refractivity contribution < 1.29 is 9.47 Å². The molecule has 1 spiro atoms. The lowest BCUT2D eigenvalue weighted by molar-refractivity contribution is -0.0563. The van der Waals surface area contributed by atoms with Gasteiger partial charge in [-0.3, -0.25) is 4.90 Å². The molecule has 1 aromatic heterocycles. The Bertz CT molecular complexity index is 489. The van der Waals surface area contributed by atoms with E-state index < -0.39 is 0 Å². The lowest BCUT2D eigenvalue weighted by Crippen LogP contribution is -2.44. The molecular weight excluding hydrogens is 308 g/mol. The predicted octanol–water partition coefficient (Wildman–Crippen LogP) is 2.45. The van der Waals surface area contributed by atoms with Gasteiger partial charge in [0.25, 0.3) is 0 Å². The Kier molecular flexibility index (Phi) is 5.02. The van der Waals surface area contributed by atoms with E-state index >= 15 is 0 Å². The maximum absolute atomic E-state index is 6.34. The van der Waals surface area contributed by atoms with Gasteiger partial charge >= 0.3 is 0 Å². The van der Waals surface area contributed by atoms with E-state index in [0.29, 0.717) is 5.92 Å². The van der Waals surface area contributed by atoms with Crippen LogP contribution in [0.3, 0.4) is 0 Å². The van der Waals surface area contributed by atoms with Gasteiger partial charge in [0.05, 0.1) is 19.8 Å². The van der Waals surface area contributed by atoms with E-state index in [0.717, 1.165) is 45.9 Å². The fourth-order valence-electron chi connectivity index (χ4n) is 4.36. The third-order valence-corrected chi connectivity index (χ3v) is 6.15. The molecule has 4 rings (SSSR count). The minimum atomic E-state index is -0.0725. The number of thiophene rings is 1. The van der Waals surface area contributed by atoms with Gasteiger partial charge in [-0.05, 0) is 60.7 Å². The molecule has 0 radical (unpaired) electrons. The molecule has 1 aromatic rings. The van der Waals surface area contributed by atoms with Crippen molar-refractivity contribution in [3.63, 3.8) is 0 Å². The highest BCUT2D eigenvalue weighted by molar-refractivity contribution is 7.07. The molecule has 2 atom stereocenters. The minimum absolute atomic E-state index is 0.0725. The van der Waals surface area contributed by atoms with Gasteiger partial charge in [-0.15, -0.1) is 0 Å². The normalized spacial score (nSPS) is 33.5. The second kappa shape index (κ2) is 7.19. The van der Waals surface area contributed by atoms with Crippen molar-refractivity contribution in [1.82, 2.24) is 9.80 Å². The van der Waals surface area contributed by atoms with Gasteiger partial charge in [0.15, 0.2) is 0 Å². The fourth-order valence-corrected chi connectivity index (χ4v) is 5.02. The van der Waals surface area contributed by atoms with Crippen LogP contribution in [0.1, 0.15) is 24.8 Å². The van der Waals surface area contributed by atoms with Crippen molar-refractivity contribution in [1.29, 1.82) is 0 Å². The van der Waals surface area contributed by atoms with E-state index in [9.17, 15) is 0 Å². The Labute approximate surface area is 143 Å². The van der Waals surface area contributed by atoms with Crippen molar-refractivity contribution >= 4 is 11.3 Å². The van der Waals surface area contributed by atoms with Crippen molar-refractivity contribution in [3.05, 3.63) is 22.4 Å². The standard InChI is InChI=1S/C18H28N2O2S/c1-2-5-19(4-1)11-17-9-18(22-12-17)14-20(6-7-21-15-18)10-16-3-8-23-13-16/h3,8,13,17H,1-2,4-7,9-12,14-15H2/t17-,18-/m1/s1. The summed E-state index contributed by atoms with van der Waals surface area (Å²) in [6.07, 6.45) is 3.90. The number of ether oxygens (including phenoxy) is 2. The van der Waals surface area contributed by atoms with E-state index in [4.69, 9.17) is 9.47 Å². The largest absolute Gasteiger partial charge is 0.377 e. The van der Waals surface area contributed by atoms with E-state index in [2.05, 4.69) is 26.6 Å². The highest BCUT2D eigenvalue weighted by atomic mass is 32.1. The number of rotatable bonds is 4. The van der Waals surface area contributed by atoms with Gasteiger partial charge < -0.3 is 14.4 Å². The molecule has 0 bridgehead atoms. The van der Waals surface area contributed by atoms with Gasteiger partial charge in [-0.1, -0.05) is 0 Å². The van der Waals surface area contributed by atoms with Crippen LogP contribution in [0.4, 0.5) is 0 Å². The SMILES string of the molecule is c1cc(CN2CCOC[C@@]3(C[C@H](CN4CCCC4)CO3)C2)cs1. The Morgan fingerprint density at radius 2 is 2.13 bits per heavy atom. The van der Waals surface area contributed by atoms with Crippen LogP contribution < -0.4 is 0 Å². The first-order valence-electron chi connectivity index (χ1n) is 8.99. The Morgan fingerprint density at radius 1 is 1.22 bits per heavy atom. The van der Waals surface area contributed by atoms with Crippen LogP contribution in [0.25, 0.3) is 0 Å². The summed E-state index contributed by atoms with van der Waals surface area (Å²) in [4.78, 5) is 5.14. The Hall–Kier alpha value is -0.460. The van der Waals surface area contributed by atoms with Crippen LogP contribution in [0.2, 0.25) is 0 Å². The average molecular weight is 337 g/mol. The average Bonchev–Trinajstić information content (AvgIpc) is 3.25. The highest BCUT2D eigenvalue weighted by Gasteiger charge is 2.43. The summed E-state index contributed by atoms with van der Waals surface area (Å²) in [5.41, 5.74) is 1.34. The van der Waals surface area contributed by atoms with E-state index in [-0.39, 0.29) is 5.60 Å². The second-order valence-corrected chi connectivity index (χ2v) is 8.25. The van der Waals surface area contributed by atoms with Crippen LogP contribution in [-0.4, -0.2) is 67.9 Å². The number of likely N-dealkylation sites (tertiary alicyclic amines) is 1. The fraction of sp³-hybridized carbons (Fsp3) is 0.778. The molecule has 0 aliphatic carbocycles. The molecule has 3 aliphatic heterocycles. The molecule has 0 N–H and O–H groups in total. The topological polar surface area (TPSA) is 24.9 Å². The van der Waals surface area contributed by atoms with Crippen LogP contribution in [-0.2, 0) is 16.0 Å². The van der Waals surface area contributed by atoms with Gasteiger partial charge in [-0.25, -0.2) is 0 Å². The first-order chi connectivity index (χ1) is 11.3. The van der Waals surface area contributed by atoms with Gasteiger partial charge in [0.2, 0.25) is 0 Å². The molecule has 5 heteroatoms. The van der Waals surface area contributed by atoms with Crippen LogP contribution in [0.5, 0.6) is 0 Å². The van der Waals surface area contributed by atoms with E-state index in [1.807, 2.05) is 0 Å². The summed E-state index contributed by atoms with van der Waals surface area (Å²) in [6.45, 7) is 9.33. The first kappa shape index (κ1) is 16.0. The summed E-state index contributed by atoms with van der Waals surface area (Å²) >= 11 is 1.78. The number of hydrogen-bond donors (Lipinski definition) is 0. The lowest BCUT2D eigenvalue weighted by atomic mass is 9.94. The van der Waals surface area contributed by atoms with Crippen molar-refractivity contribution in [2.45, 2.75) is 31.4 Å². The zero-order valence-electron chi connectivity index (χ0n) is 13.9. The van der Waals surface area contributed by atoms with Gasteiger partial charge in [0, 0.05) is 26.2 Å². The van der Waals surface area contributed by atoms with Gasteiger partial charge in [0.1, 0.15) is 5.60 Å². The molecule has 0 aromatic carbocycles. The molecule has 3 saturated heterocycles. The molecule has 3 aliphatic rings. The zero-order valence-corrected chi connectivity index (χ0v) is 14.7. The van der Waals surface area contributed by atoms with Crippen molar-refractivity contribution in [3.8, 4) is 0 Å². The number of nitrogens with zero attached hydrogens (tertiary/aromatic N) is 2. The molecule has 23 heavy (non-hydrogen) atoms. The summed E-state index contributed by atoms with van der Waals surface area (Å²) in [5, 5.41) is 4.42. The molecule has 3 fully saturated rings. The highest BCUT2D eigenvalue weighted by Crippen LogP contribution is 2.34. The Balaban J connectivity index is 1.36. The molecule has 4 nitrogen and oxygen atoms in total. The van der Waals surface area contributed by atoms with E-state index in [1.54, 1.807) is 11.3 Å². The van der Waals surface area contributed by atoms with Crippen molar-refractivity contribution in [2.24, 2.45) is 5.92 Å². The van der Waals surface area contributed by atoms with Crippen LogP contribution in [0, 0.1) is 5.92 Å². The second-order valence-electron chi connectivity index (χ2n) is 7.47. The molecule has 4 heterocycles. The molecule has 0 unspecified atom stereocenters. The quantitative estimate of drug-likeness (QED) is 0.843. The smallest absolute Gasteiger partial charge is 0.104 e.